The third-order valence-corrected chi connectivity index (χ3v) is 4.66. The highest BCUT2D eigenvalue weighted by molar-refractivity contribution is 7.85. The third kappa shape index (κ3) is 5.00. The Morgan fingerprint density at radius 2 is 2.00 bits per heavy atom. The second kappa shape index (κ2) is 7.62. The van der Waals surface area contributed by atoms with Crippen LogP contribution >= 0.6 is 0 Å². The molecule has 0 bridgehead atoms. The molecule has 0 spiro atoms. The van der Waals surface area contributed by atoms with Gasteiger partial charge in [0.15, 0.2) is 0 Å². The molecular formula is C14H23NOS. The first-order valence-electron chi connectivity index (χ1n) is 6.26. The van der Waals surface area contributed by atoms with Crippen molar-refractivity contribution in [2.45, 2.75) is 44.0 Å². The first-order valence-corrected chi connectivity index (χ1v) is 7.58. The summed E-state index contributed by atoms with van der Waals surface area (Å²) >= 11 is 0. The fraction of sp³-hybridized carbons (Fsp3) is 0.571. The maximum atomic E-state index is 12.1. The molecule has 0 aliphatic heterocycles. The van der Waals surface area contributed by atoms with E-state index in [1.54, 1.807) is 0 Å². The van der Waals surface area contributed by atoms with Crippen LogP contribution in [-0.2, 0) is 10.8 Å². The summed E-state index contributed by atoms with van der Waals surface area (Å²) in [5.74, 6) is 0.779. The second-order valence-electron chi connectivity index (χ2n) is 4.50. The summed E-state index contributed by atoms with van der Waals surface area (Å²) in [7, 11) is 1.15. The van der Waals surface area contributed by atoms with Gasteiger partial charge in [-0.2, -0.15) is 0 Å². The molecule has 3 heteroatoms. The van der Waals surface area contributed by atoms with Crippen LogP contribution < -0.4 is 5.32 Å². The maximum absolute atomic E-state index is 12.1. The molecule has 0 aliphatic rings. The van der Waals surface area contributed by atoms with E-state index >= 15 is 0 Å². The van der Waals surface area contributed by atoms with Crippen LogP contribution in [0.5, 0.6) is 0 Å². The second-order valence-corrected chi connectivity index (χ2v) is 6.04. The molecule has 1 N–H and O–H groups in total. The monoisotopic (exact) mass is 253 g/mol. The molecule has 1 aromatic carbocycles. The number of hydrogen-bond acceptors (Lipinski definition) is 2. The number of nitrogens with one attached hydrogen (secondary N) is 1. The number of hydrogen-bond donors (Lipinski definition) is 1. The molecule has 0 saturated heterocycles. The Labute approximate surface area is 107 Å². The van der Waals surface area contributed by atoms with Crippen molar-refractivity contribution in [1.29, 1.82) is 0 Å². The summed E-state index contributed by atoms with van der Waals surface area (Å²) in [6.45, 7) is 4.20. The van der Waals surface area contributed by atoms with E-state index in [0.29, 0.717) is 6.04 Å². The number of aryl methyl sites for hydroxylation is 1. The van der Waals surface area contributed by atoms with Gasteiger partial charge in [0.2, 0.25) is 0 Å². The van der Waals surface area contributed by atoms with Crippen LogP contribution in [-0.4, -0.2) is 23.1 Å². The molecular weight excluding hydrogens is 230 g/mol. The van der Waals surface area contributed by atoms with Crippen LogP contribution in [0.3, 0.4) is 0 Å². The quantitative estimate of drug-likeness (QED) is 0.757. The summed E-state index contributed by atoms with van der Waals surface area (Å²) in [6.07, 6.45) is 3.33. The van der Waals surface area contributed by atoms with E-state index in [0.717, 1.165) is 35.5 Å². The standard InChI is InChI=1S/C14H23NOS/c1-12-8-4-5-10-14(12)17(16)11-7-6-9-13(2)15-3/h4-5,8,10,13,15H,6-7,9,11H2,1-3H3. The minimum atomic E-state index is -0.832. The molecule has 0 heterocycles. The lowest BCUT2D eigenvalue weighted by molar-refractivity contribution is 0.537. The van der Waals surface area contributed by atoms with Gasteiger partial charge in [-0.15, -0.1) is 0 Å². The van der Waals surface area contributed by atoms with Crippen molar-refractivity contribution in [2.75, 3.05) is 12.8 Å². The van der Waals surface area contributed by atoms with Gasteiger partial charge in [0.05, 0.1) is 10.8 Å². The van der Waals surface area contributed by atoms with Crippen molar-refractivity contribution in [3.63, 3.8) is 0 Å². The molecule has 0 aromatic heterocycles. The molecule has 0 aliphatic carbocycles. The summed E-state index contributed by atoms with van der Waals surface area (Å²) < 4.78 is 12.1. The van der Waals surface area contributed by atoms with Crippen LogP contribution in [0.15, 0.2) is 29.2 Å². The van der Waals surface area contributed by atoms with E-state index in [-0.39, 0.29) is 0 Å². The van der Waals surface area contributed by atoms with Gasteiger partial charge in [-0.1, -0.05) is 24.6 Å². The predicted octanol–water partition coefficient (Wildman–Crippen LogP) is 2.88. The van der Waals surface area contributed by atoms with Gasteiger partial charge in [0.25, 0.3) is 0 Å². The SMILES string of the molecule is CNC(C)CCCCS(=O)c1ccccc1C. The van der Waals surface area contributed by atoms with Crippen LogP contribution in [0.4, 0.5) is 0 Å². The lowest BCUT2D eigenvalue weighted by Gasteiger charge is -2.09. The average Bonchev–Trinajstić information content (AvgIpc) is 2.34. The van der Waals surface area contributed by atoms with Crippen molar-refractivity contribution in [1.82, 2.24) is 5.32 Å². The van der Waals surface area contributed by atoms with Crippen LogP contribution in [0, 0.1) is 6.92 Å². The van der Waals surface area contributed by atoms with Crippen molar-refractivity contribution < 1.29 is 4.21 Å². The van der Waals surface area contributed by atoms with E-state index in [2.05, 4.69) is 12.2 Å². The Balaban J connectivity index is 2.33. The normalized spacial score (nSPS) is 14.5. The van der Waals surface area contributed by atoms with E-state index < -0.39 is 10.8 Å². The molecule has 17 heavy (non-hydrogen) atoms. The lowest BCUT2D eigenvalue weighted by Crippen LogP contribution is -2.20. The molecule has 0 saturated carbocycles. The summed E-state index contributed by atoms with van der Waals surface area (Å²) in [5, 5.41) is 3.22. The van der Waals surface area contributed by atoms with Crippen molar-refractivity contribution in [2.24, 2.45) is 0 Å². The van der Waals surface area contributed by atoms with Gasteiger partial charge in [-0.25, -0.2) is 0 Å². The fourth-order valence-corrected chi connectivity index (χ4v) is 3.09. The van der Waals surface area contributed by atoms with Gasteiger partial charge >= 0.3 is 0 Å². The van der Waals surface area contributed by atoms with Crippen molar-refractivity contribution in [3.8, 4) is 0 Å². The van der Waals surface area contributed by atoms with Gasteiger partial charge in [-0.05, 0) is 45.4 Å². The largest absolute Gasteiger partial charge is 0.317 e. The molecule has 0 amide bonds. The Hall–Kier alpha value is -0.670. The van der Waals surface area contributed by atoms with Gasteiger partial charge in [-0.3, -0.25) is 4.21 Å². The van der Waals surface area contributed by atoms with Gasteiger partial charge in [0.1, 0.15) is 0 Å². The Kier molecular flexibility index (Phi) is 6.45. The number of unbranched alkanes of at least 4 members (excludes halogenated alkanes) is 1. The van der Waals surface area contributed by atoms with E-state index in [1.165, 1.54) is 0 Å². The summed E-state index contributed by atoms with van der Waals surface area (Å²) in [4.78, 5) is 0.995. The number of benzene rings is 1. The Morgan fingerprint density at radius 1 is 1.29 bits per heavy atom. The zero-order chi connectivity index (χ0) is 12.7. The van der Waals surface area contributed by atoms with E-state index in [1.807, 2.05) is 38.2 Å². The smallest absolute Gasteiger partial charge is 0.0532 e. The lowest BCUT2D eigenvalue weighted by atomic mass is 10.1. The minimum Gasteiger partial charge on any atom is -0.317 e. The molecule has 0 fully saturated rings. The first-order chi connectivity index (χ1) is 8.15. The van der Waals surface area contributed by atoms with Crippen LogP contribution in [0.2, 0.25) is 0 Å². The average molecular weight is 253 g/mol. The van der Waals surface area contributed by atoms with Gasteiger partial charge in [0, 0.05) is 16.7 Å². The van der Waals surface area contributed by atoms with Crippen molar-refractivity contribution >= 4 is 10.8 Å². The highest BCUT2D eigenvalue weighted by Gasteiger charge is 2.06. The van der Waals surface area contributed by atoms with E-state index in [9.17, 15) is 4.21 Å². The molecule has 1 aromatic rings. The topological polar surface area (TPSA) is 29.1 Å². The molecule has 2 atom stereocenters. The van der Waals surface area contributed by atoms with Crippen LogP contribution in [0.1, 0.15) is 31.7 Å². The number of rotatable bonds is 7. The molecule has 96 valence electrons. The summed E-state index contributed by atoms with van der Waals surface area (Å²) in [5.41, 5.74) is 1.13. The molecule has 0 radical (unpaired) electrons. The molecule has 1 rings (SSSR count). The predicted molar refractivity (Wildman–Crippen MR) is 74.8 cm³/mol. The Bertz CT molecular complexity index is 365. The van der Waals surface area contributed by atoms with Crippen molar-refractivity contribution in [3.05, 3.63) is 29.8 Å². The minimum absolute atomic E-state index is 0.557. The van der Waals surface area contributed by atoms with Crippen LogP contribution in [0.25, 0.3) is 0 Å². The highest BCUT2D eigenvalue weighted by Crippen LogP contribution is 2.14. The third-order valence-electron chi connectivity index (χ3n) is 3.05. The zero-order valence-electron chi connectivity index (χ0n) is 11.0. The zero-order valence-corrected chi connectivity index (χ0v) is 11.8. The van der Waals surface area contributed by atoms with E-state index in [4.69, 9.17) is 0 Å². The highest BCUT2D eigenvalue weighted by atomic mass is 32.2. The maximum Gasteiger partial charge on any atom is 0.0532 e. The molecule has 2 unspecified atom stereocenters. The van der Waals surface area contributed by atoms with Gasteiger partial charge < -0.3 is 5.32 Å². The first kappa shape index (κ1) is 14.4. The Morgan fingerprint density at radius 3 is 2.65 bits per heavy atom. The molecule has 2 nitrogen and oxygen atoms in total. The summed E-state index contributed by atoms with van der Waals surface area (Å²) in [6, 6.07) is 8.51. The fourth-order valence-electron chi connectivity index (χ4n) is 1.75.